The molecule has 1 heteroatoms. The molecule has 1 nitrogen and oxygen atoms in total. The molecule has 0 unspecified atom stereocenters. The first-order valence-electron chi connectivity index (χ1n) is 7.80. The van der Waals surface area contributed by atoms with Gasteiger partial charge in [0.1, 0.15) is 0 Å². The third-order valence-electron chi connectivity index (χ3n) is 3.49. The number of benzene rings is 2. The van der Waals surface area contributed by atoms with Gasteiger partial charge < -0.3 is 4.57 Å². The van der Waals surface area contributed by atoms with Crippen LogP contribution in [0.25, 0.3) is 29.2 Å². The standard InChI is InChI=1S/C19H17N.C2H6/c1-3-4-12-17-15(2)20(16-10-6-5-7-11-16)19-14-9-8-13-18(17)19;1-2/h3-14H,2H2,1H3;1-2H3/b4-3-,17-12+;. The summed E-state index contributed by atoms with van der Waals surface area (Å²) < 4.78 is 2.21. The van der Waals surface area contributed by atoms with Gasteiger partial charge in [0.25, 0.3) is 0 Å². The summed E-state index contributed by atoms with van der Waals surface area (Å²) in [6.07, 6.45) is 6.23. The van der Waals surface area contributed by atoms with Gasteiger partial charge in [0, 0.05) is 21.6 Å². The van der Waals surface area contributed by atoms with Crippen LogP contribution >= 0.6 is 0 Å². The van der Waals surface area contributed by atoms with Gasteiger partial charge in [-0.15, -0.1) is 0 Å². The molecule has 2 aromatic carbocycles. The van der Waals surface area contributed by atoms with E-state index in [1.807, 2.05) is 32.9 Å². The highest BCUT2D eigenvalue weighted by Crippen LogP contribution is 2.14. The first-order valence-corrected chi connectivity index (χ1v) is 7.80. The Hall–Kier alpha value is -2.54. The number of aromatic nitrogens is 1. The van der Waals surface area contributed by atoms with Crippen molar-refractivity contribution in [2.45, 2.75) is 20.8 Å². The smallest absolute Gasteiger partial charge is 0.0540 e. The minimum Gasteiger partial charge on any atom is -0.310 e. The van der Waals surface area contributed by atoms with Crippen LogP contribution in [0.4, 0.5) is 0 Å². The monoisotopic (exact) mass is 289 g/mol. The van der Waals surface area contributed by atoms with Crippen molar-refractivity contribution in [1.29, 1.82) is 0 Å². The quantitative estimate of drug-likeness (QED) is 0.658. The third-order valence-corrected chi connectivity index (χ3v) is 3.49. The van der Waals surface area contributed by atoms with E-state index in [4.69, 9.17) is 0 Å². The Labute approximate surface area is 132 Å². The topological polar surface area (TPSA) is 4.93 Å². The number of hydrogen-bond acceptors (Lipinski definition) is 0. The lowest BCUT2D eigenvalue weighted by atomic mass is 10.2. The minimum absolute atomic E-state index is 1.02. The van der Waals surface area contributed by atoms with Gasteiger partial charge >= 0.3 is 0 Å². The van der Waals surface area contributed by atoms with E-state index in [9.17, 15) is 0 Å². The van der Waals surface area contributed by atoms with Crippen LogP contribution < -0.4 is 10.6 Å². The van der Waals surface area contributed by atoms with Gasteiger partial charge in [-0.25, -0.2) is 0 Å². The second-order valence-electron chi connectivity index (χ2n) is 4.74. The van der Waals surface area contributed by atoms with Crippen LogP contribution in [0.3, 0.4) is 0 Å². The molecule has 0 saturated carbocycles. The van der Waals surface area contributed by atoms with E-state index >= 15 is 0 Å². The summed E-state index contributed by atoms with van der Waals surface area (Å²) in [5, 5.41) is 3.44. The molecule has 1 aromatic heterocycles. The fraction of sp³-hybridized carbons (Fsp3) is 0.143. The van der Waals surface area contributed by atoms with Gasteiger partial charge in [0.2, 0.25) is 0 Å². The van der Waals surface area contributed by atoms with Crippen molar-refractivity contribution in [1.82, 2.24) is 4.57 Å². The fourth-order valence-electron chi connectivity index (χ4n) is 2.57. The van der Waals surface area contributed by atoms with Crippen molar-refractivity contribution in [3.63, 3.8) is 0 Å². The van der Waals surface area contributed by atoms with E-state index in [2.05, 4.69) is 71.8 Å². The number of nitrogens with zero attached hydrogens (tertiary/aromatic N) is 1. The lowest BCUT2D eigenvalue weighted by Crippen LogP contribution is -2.26. The van der Waals surface area contributed by atoms with Crippen LogP contribution in [-0.2, 0) is 0 Å². The summed E-state index contributed by atoms with van der Waals surface area (Å²) in [5.74, 6) is 0. The predicted molar refractivity (Wildman–Crippen MR) is 98.7 cm³/mol. The van der Waals surface area contributed by atoms with E-state index in [1.165, 1.54) is 16.1 Å². The van der Waals surface area contributed by atoms with Gasteiger partial charge in [-0.05, 0) is 25.1 Å². The van der Waals surface area contributed by atoms with E-state index in [0.29, 0.717) is 0 Å². The van der Waals surface area contributed by atoms with Crippen LogP contribution in [0.2, 0.25) is 0 Å². The van der Waals surface area contributed by atoms with Gasteiger partial charge in [-0.2, -0.15) is 0 Å². The van der Waals surface area contributed by atoms with Crippen LogP contribution in [0.15, 0.2) is 66.7 Å². The molecule has 3 aromatic rings. The average Bonchev–Trinajstić information content (AvgIpc) is 2.87. The molecule has 0 radical (unpaired) electrons. The molecule has 0 bridgehead atoms. The zero-order chi connectivity index (χ0) is 15.9. The lowest BCUT2D eigenvalue weighted by Gasteiger charge is -2.05. The minimum atomic E-state index is 1.02. The Balaban J connectivity index is 0.000000847. The number of rotatable bonds is 2. The zero-order valence-electron chi connectivity index (χ0n) is 13.6. The van der Waals surface area contributed by atoms with E-state index < -0.39 is 0 Å². The molecule has 0 aliphatic carbocycles. The number of allylic oxidation sites excluding steroid dienone is 2. The number of hydrogen-bond donors (Lipinski definition) is 0. The third kappa shape index (κ3) is 2.89. The molecule has 0 aliphatic rings. The second-order valence-corrected chi connectivity index (χ2v) is 4.74. The van der Waals surface area contributed by atoms with Crippen molar-refractivity contribution < 1.29 is 0 Å². The maximum atomic E-state index is 4.28. The van der Waals surface area contributed by atoms with Crippen molar-refractivity contribution in [3.05, 3.63) is 77.3 Å². The molecule has 0 amide bonds. The Kier molecular flexibility index (Phi) is 5.37. The first kappa shape index (κ1) is 15.8. The van der Waals surface area contributed by atoms with Gasteiger partial charge in [0.15, 0.2) is 0 Å². The zero-order valence-corrected chi connectivity index (χ0v) is 13.6. The molecule has 112 valence electrons. The molecule has 0 N–H and O–H groups in total. The summed E-state index contributed by atoms with van der Waals surface area (Å²) in [6.45, 7) is 10.3. The molecule has 3 rings (SSSR count). The maximum Gasteiger partial charge on any atom is 0.0540 e. The van der Waals surface area contributed by atoms with Crippen LogP contribution in [0.5, 0.6) is 0 Å². The molecule has 22 heavy (non-hydrogen) atoms. The van der Waals surface area contributed by atoms with Gasteiger partial charge in [-0.1, -0.05) is 75.1 Å². The molecule has 0 saturated heterocycles. The van der Waals surface area contributed by atoms with Crippen molar-refractivity contribution in [2.75, 3.05) is 0 Å². The van der Waals surface area contributed by atoms with Crippen molar-refractivity contribution in [2.24, 2.45) is 0 Å². The summed E-state index contributed by atoms with van der Waals surface area (Å²) in [6, 6.07) is 18.8. The Bertz CT molecular complexity index is 867. The molecule has 1 heterocycles. The lowest BCUT2D eigenvalue weighted by molar-refractivity contribution is 1.07. The number of fused-ring (bicyclic) bond motifs is 1. The molecular formula is C21H23N. The van der Waals surface area contributed by atoms with Crippen LogP contribution in [-0.4, -0.2) is 4.57 Å². The van der Waals surface area contributed by atoms with Crippen LogP contribution in [0.1, 0.15) is 20.8 Å². The number of para-hydroxylation sites is 2. The molecule has 0 atom stereocenters. The van der Waals surface area contributed by atoms with E-state index in [-0.39, 0.29) is 0 Å². The Morgan fingerprint density at radius 3 is 2.23 bits per heavy atom. The summed E-state index contributed by atoms with van der Waals surface area (Å²) in [5.41, 5.74) is 2.34. The molecule has 0 aliphatic heterocycles. The first-order chi connectivity index (χ1) is 10.8. The summed E-state index contributed by atoms with van der Waals surface area (Å²) in [7, 11) is 0. The van der Waals surface area contributed by atoms with Gasteiger partial charge in [-0.3, -0.25) is 0 Å². The molecular weight excluding hydrogens is 266 g/mol. The molecule has 0 fully saturated rings. The van der Waals surface area contributed by atoms with Crippen molar-refractivity contribution >= 4 is 23.6 Å². The van der Waals surface area contributed by atoms with E-state index in [0.717, 1.165) is 11.0 Å². The highest BCUT2D eigenvalue weighted by Gasteiger charge is 2.06. The predicted octanol–water partition coefficient (Wildman–Crippen LogP) is 4.42. The van der Waals surface area contributed by atoms with Gasteiger partial charge in [0.05, 0.1) is 5.52 Å². The summed E-state index contributed by atoms with van der Waals surface area (Å²) in [4.78, 5) is 0. The summed E-state index contributed by atoms with van der Waals surface area (Å²) >= 11 is 0. The fourth-order valence-corrected chi connectivity index (χ4v) is 2.57. The SMILES string of the molecule is C=c1/c(=C\C=C/C)c2ccccc2n1-c1ccccc1.CC. The van der Waals surface area contributed by atoms with E-state index in [1.54, 1.807) is 0 Å². The second kappa shape index (κ2) is 7.46. The Morgan fingerprint density at radius 1 is 0.909 bits per heavy atom. The Morgan fingerprint density at radius 2 is 1.55 bits per heavy atom. The average molecular weight is 289 g/mol. The molecule has 0 spiro atoms. The maximum absolute atomic E-state index is 4.28. The van der Waals surface area contributed by atoms with Crippen molar-refractivity contribution in [3.8, 4) is 5.69 Å². The highest BCUT2D eigenvalue weighted by molar-refractivity contribution is 5.84. The highest BCUT2D eigenvalue weighted by atomic mass is 15.0. The largest absolute Gasteiger partial charge is 0.310 e. The normalized spacial score (nSPS) is 11.7. The van der Waals surface area contributed by atoms with Crippen LogP contribution in [0, 0.1) is 0 Å².